The van der Waals surface area contributed by atoms with Crippen LogP contribution in [0.25, 0.3) is 21.7 Å². The SMILES string of the molecule is COc1ccc(-c2nc(CNC(=O)c3cc(C)n[nH]c3=O)sc2-c2ccc(OC)cc2)cc1. The van der Waals surface area contributed by atoms with Crippen LogP contribution in [0, 0.1) is 6.92 Å². The molecule has 0 aliphatic rings. The van der Waals surface area contributed by atoms with E-state index in [1.165, 1.54) is 17.4 Å². The van der Waals surface area contributed by atoms with Gasteiger partial charge in [0.2, 0.25) is 0 Å². The van der Waals surface area contributed by atoms with E-state index in [0.29, 0.717) is 10.7 Å². The molecule has 2 heterocycles. The van der Waals surface area contributed by atoms with E-state index in [9.17, 15) is 9.59 Å². The third-order valence-corrected chi connectivity index (χ3v) is 6.07. The molecule has 0 spiro atoms. The largest absolute Gasteiger partial charge is 0.497 e. The molecular weight excluding hydrogens is 440 g/mol. The van der Waals surface area contributed by atoms with Crippen LogP contribution in [0.4, 0.5) is 0 Å². The lowest BCUT2D eigenvalue weighted by molar-refractivity contribution is 0.0949. The Hall–Kier alpha value is -3.98. The molecule has 4 aromatic rings. The van der Waals surface area contributed by atoms with Crippen LogP contribution in [0.15, 0.2) is 59.4 Å². The van der Waals surface area contributed by atoms with Crippen LogP contribution >= 0.6 is 11.3 Å². The van der Waals surface area contributed by atoms with Crippen molar-refractivity contribution in [1.82, 2.24) is 20.5 Å². The van der Waals surface area contributed by atoms with Crippen LogP contribution in [-0.2, 0) is 6.54 Å². The highest BCUT2D eigenvalue weighted by Gasteiger charge is 2.17. The monoisotopic (exact) mass is 462 g/mol. The van der Waals surface area contributed by atoms with Gasteiger partial charge in [-0.15, -0.1) is 11.3 Å². The number of methoxy groups -OCH3 is 2. The first-order valence-corrected chi connectivity index (χ1v) is 10.9. The topological polar surface area (TPSA) is 106 Å². The lowest BCUT2D eigenvalue weighted by atomic mass is 10.1. The summed E-state index contributed by atoms with van der Waals surface area (Å²) >= 11 is 1.48. The van der Waals surface area contributed by atoms with Crippen LogP contribution in [0.5, 0.6) is 11.5 Å². The number of hydrogen-bond donors (Lipinski definition) is 2. The van der Waals surface area contributed by atoms with E-state index in [1.54, 1.807) is 21.1 Å². The second-order valence-electron chi connectivity index (χ2n) is 7.18. The number of nitrogens with zero attached hydrogens (tertiary/aromatic N) is 2. The summed E-state index contributed by atoms with van der Waals surface area (Å²) in [4.78, 5) is 30.3. The number of benzene rings is 2. The normalized spacial score (nSPS) is 10.6. The van der Waals surface area contributed by atoms with Crippen LogP contribution < -0.4 is 20.3 Å². The highest BCUT2D eigenvalue weighted by atomic mass is 32.1. The van der Waals surface area contributed by atoms with Gasteiger partial charge in [0.05, 0.1) is 37.0 Å². The minimum atomic E-state index is -0.532. The number of carbonyl (C=O) groups excluding carboxylic acids is 1. The summed E-state index contributed by atoms with van der Waals surface area (Å²) in [5.74, 6) is 1.04. The number of aromatic amines is 1. The Balaban J connectivity index is 1.65. The van der Waals surface area contributed by atoms with Gasteiger partial charge in [0, 0.05) is 5.56 Å². The Morgan fingerprint density at radius 3 is 2.21 bits per heavy atom. The molecule has 0 bridgehead atoms. The molecule has 0 fully saturated rings. The third-order valence-electron chi connectivity index (χ3n) is 4.96. The van der Waals surface area contributed by atoms with E-state index in [-0.39, 0.29) is 12.1 Å². The molecule has 1 amide bonds. The molecule has 8 nitrogen and oxygen atoms in total. The fraction of sp³-hybridized carbons (Fsp3) is 0.167. The van der Waals surface area contributed by atoms with E-state index in [4.69, 9.17) is 14.5 Å². The van der Waals surface area contributed by atoms with E-state index >= 15 is 0 Å². The molecule has 0 unspecified atom stereocenters. The summed E-state index contributed by atoms with van der Waals surface area (Å²) in [5, 5.41) is 9.62. The molecular formula is C24H22N4O4S. The number of thiazole rings is 1. The molecule has 2 aromatic heterocycles. The first-order chi connectivity index (χ1) is 16.0. The van der Waals surface area contributed by atoms with Crippen LogP contribution in [0.3, 0.4) is 0 Å². The summed E-state index contributed by atoms with van der Waals surface area (Å²) in [7, 11) is 3.25. The predicted molar refractivity (Wildman–Crippen MR) is 127 cm³/mol. The van der Waals surface area contributed by atoms with Gasteiger partial charge in [-0.2, -0.15) is 5.10 Å². The number of nitrogens with one attached hydrogen (secondary N) is 2. The van der Waals surface area contributed by atoms with Gasteiger partial charge in [-0.3, -0.25) is 9.59 Å². The van der Waals surface area contributed by atoms with Crippen LogP contribution in [0.1, 0.15) is 21.1 Å². The van der Waals surface area contributed by atoms with Crippen molar-refractivity contribution in [2.75, 3.05) is 14.2 Å². The molecule has 9 heteroatoms. The molecule has 2 aromatic carbocycles. The molecule has 168 valence electrons. The molecule has 0 aliphatic heterocycles. The Morgan fingerprint density at radius 1 is 1.00 bits per heavy atom. The summed E-state index contributed by atoms with van der Waals surface area (Å²) in [6, 6.07) is 16.9. The number of hydrogen-bond acceptors (Lipinski definition) is 7. The smallest absolute Gasteiger partial charge is 0.277 e. The second-order valence-corrected chi connectivity index (χ2v) is 8.26. The molecule has 0 radical (unpaired) electrons. The molecule has 0 saturated heterocycles. The van der Waals surface area contributed by atoms with E-state index in [2.05, 4.69) is 15.5 Å². The van der Waals surface area contributed by atoms with Gasteiger partial charge in [0.1, 0.15) is 22.1 Å². The average Bonchev–Trinajstić information content (AvgIpc) is 3.28. The Kier molecular flexibility index (Phi) is 6.50. The van der Waals surface area contributed by atoms with Gasteiger partial charge in [-0.1, -0.05) is 0 Å². The zero-order valence-electron chi connectivity index (χ0n) is 18.3. The van der Waals surface area contributed by atoms with E-state index < -0.39 is 11.5 Å². The summed E-state index contributed by atoms with van der Waals surface area (Å²) in [5.41, 5.74) is 2.75. The lowest BCUT2D eigenvalue weighted by Crippen LogP contribution is -2.29. The zero-order valence-corrected chi connectivity index (χ0v) is 19.2. The zero-order chi connectivity index (χ0) is 23.4. The van der Waals surface area contributed by atoms with Gasteiger partial charge in [0.15, 0.2) is 0 Å². The van der Waals surface area contributed by atoms with Crippen molar-refractivity contribution in [1.29, 1.82) is 0 Å². The van der Waals surface area contributed by atoms with E-state index in [1.807, 2.05) is 48.5 Å². The van der Waals surface area contributed by atoms with Crippen molar-refractivity contribution in [3.8, 4) is 33.2 Å². The van der Waals surface area contributed by atoms with Crippen molar-refractivity contribution in [3.05, 3.63) is 81.2 Å². The summed E-state index contributed by atoms with van der Waals surface area (Å²) < 4.78 is 10.5. The number of H-pyrrole nitrogens is 1. The molecule has 0 atom stereocenters. The van der Waals surface area contributed by atoms with Crippen molar-refractivity contribution in [3.63, 3.8) is 0 Å². The standard InChI is InChI=1S/C24H22N4O4S/c1-14-12-19(24(30)28-27-14)23(29)25-13-20-26-21(15-4-8-17(31-2)9-5-15)22(33-20)16-6-10-18(32-3)11-7-16/h4-12H,13H2,1-3H3,(H,25,29)(H,28,30). The highest BCUT2D eigenvalue weighted by molar-refractivity contribution is 7.15. The average molecular weight is 463 g/mol. The number of rotatable bonds is 7. The van der Waals surface area contributed by atoms with Crippen molar-refractivity contribution < 1.29 is 14.3 Å². The fourth-order valence-corrected chi connectivity index (χ4v) is 4.28. The Morgan fingerprint density at radius 2 is 1.61 bits per heavy atom. The number of aryl methyl sites for hydroxylation is 1. The third kappa shape index (κ3) is 4.93. The van der Waals surface area contributed by atoms with Crippen molar-refractivity contribution in [2.45, 2.75) is 13.5 Å². The quantitative estimate of drug-likeness (QED) is 0.433. The minimum Gasteiger partial charge on any atom is -0.497 e. The fourth-order valence-electron chi connectivity index (χ4n) is 3.25. The first kappa shape index (κ1) is 22.2. The lowest BCUT2D eigenvalue weighted by Gasteiger charge is -2.05. The van der Waals surface area contributed by atoms with Gasteiger partial charge in [0.25, 0.3) is 11.5 Å². The van der Waals surface area contributed by atoms with E-state index in [0.717, 1.165) is 33.2 Å². The van der Waals surface area contributed by atoms with Gasteiger partial charge >= 0.3 is 0 Å². The maximum Gasteiger partial charge on any atom is 0.277 e. The van der Waals surface area contributed by atoms with Crippen molar-refractivity contribution in [2.24, 2.45) is 0 Å². The number of amides is 1. The van der Waals surface area contributed by atoms with Gasteiger partial charge < -0.3 is 14.8 Å². The molecule has 0 aliphatic carbocycles. The first-order valence-electron chi connectivity index (χ1n) is 10.1. The van der Waals surface area contributed by atoms with Gasteiger partial charge in [-0.05, 0) is 67.1 Å². The molecule has 33 heavy (non-hydrogen) atoms. The number of aromatic nitrogens is 3. The van der Waals surface area contributed by atoms with Crippen LogP contribution in [0.2, 0.25) is 0 Å². The Labute approximate surface area is 194 Å². The van der Waals surface area contributed by atoms with Gasteiger partial charge in [-0.25, -0.2) is 10.1 Å². The minimum absolute atomic E-state index is 0.0183. The molecule has 4 rings (SSSR count). The number of carbonyl (C=O) groups is 1. The molecule has 0 saturated carbocycles. The summed E-state index contributed by atoms with van der Waals surface area (Å²) in [6.07, 6.45) is 0. The summed E-state index contributed by atoms with van der Waals surface area (Å²) in [6.45, 7) is 1.89. The molecule has 2 N–H and O–H groups in total. The highest BCUT2D eigenvalue weighted by Crippen LogP contribution is 2.38. The van der Waals surface area contributed by atoms with Crippen molar-refractivity contribution >= 4 is 17.2 Å². The Bertz CT molecular complexity index is 1260. The maximum absolute atomic E-state index is 12.6. The maximum atomic E-state index is 12.6. The van der Waals surface area contributed by atoms with Crippen LogP contribution in [-0.4, -0.2) is 35.3 Å². The second kappa shape index (κ2) is 9.66. The predicted octanol–water partition coefficient (Wildman–Crippen LogP) is 3.82. The number of ether oxygens (including phenoxy) is 2.